The molecule has 1 aromatic carbocycles. The van der Waals surface area contributed by atoms with Gasteiger partial charge in [0.2, 0.25) is 0 Å². The van der Waals surface area contributed by atoms with Crippen LogP contribution in [0.2, 0.25) is 0 Å². The van der Waals surface area contributed by atoms with Crippen LogP contribution in [0.15, 0.2) is 42.7 Å². The zero-order valence-electron chi connectivity index (χ0n) is 12.0. The predicted octanol–water partition coefficient (Wildman–Crippen LogP) is 3.75. The average Bonchev–Trinajstić information content (AvgIpc) is 2.39. The molecule has 1 aromatic heterocycles. The van der Waals surface area contributed by atoms with Crippen LogP contribution in [-0.2, 0) is 0 Å². The van der Waals surface area contributed by atoms with Gasteiger partial charge in [-0.1, -0.05) is 23.8 Å². The fourth-order valence-electron chi connectivity index (χ4n) is 2.19. The molecule has 2 rings (SSSR count). The van der Waals surface area contributed by atoms with Gasteiger partial charge < -0.3 is 10.6 Å². The third kappa shape index (κ3) is 3.78. The minimum absolute atomic E-state index is 0.160. The predicted molar refractivity (Wildman–Crippen MR) is 87.9 cm³/mol. The highest BCUT2D eigenvalue weighted by Gasteiger charge is 2.09. The van der Waals surface area contributed by atoms with E-state index in [0.29, 0.717) is 5.11 Å². The molecule has 4 heteroatoms. The summed E-state index contributed by atoms with van der Waals surface area (Å²) >= 11 is 5.33. The van der Waals surface area contributed by atoms with Crippen molar-refractivity contribution in [2.24, 2.45) is 0 Å². The smallest absolute Gasteiger partial charge is 0.171 e. The van der Waals surface area contributed by atoms with Crippen molar-refractivity contribution >= 4 is 23.0 Å². The van der Waals surface area contributed by atoms with Crippen molar-refractivity contribution < 1.29 is 0 Å². The van der Waals surface area contributed by atoms with Gasteiger partial charge in [0.05, 0.1) is 17.9 Å². The third-order valence-corrected chi connectivity index (χ3v) is 3.38. The molecule has 0 spiro atoms. The quantitative estimate of drug-likeness (QED) is 0.842. The molecule has 0 aliphatic rings. The summed E-state index contributed by atoms with van der Waals surface area (Å²) < 4.78 is 0. The molecule has 1 heterocycles. The van der Waals surface area contributed by atoms with Crippen LogP contribution < -0.4 is 10.6 Å². The standard InChI is InChI=1S/C16H19N3S/c1-11-6-7-15(12(2)9-11)13(3)18-16(20)19-14-5-4-8-17-10-14/h4-10,13H,1-3H3,(H2,18,19,20)/t13-/m1/s1. The summed E-state index contributed by atoms with van der Waals surface area (Å²) in [5.41, 5.74) is 4.69. The second-order valence-corrected chi connectivity index (χ2v) is 5.33. The van der Waals surface area contributed by atoms with Gasteiger partial charge in [-0.2, -0.15) is 0 Å². The van der Waals surface area contributed by atoms with Crippen LogP contribution in [0, 0.1) is 13.8 Å². The number of hydrogen-bond donors (Lipinski definition) is 2. The number of aromatic nitrogens is 1. The van der Waals surface area contributed by atoms with Gasteiger partial charge in [0.25, 0.3) is 0 Å². The minimum Gasteiger partial charge on any atom is -0.356 e. The molecule has 0 aliphatic heterocycles. The van der Waals surface area contributed by atoms with E-state index in [4.69, 9.17) is 12.2 Å². The van der Waals surface area contributed by atoms with E-state index in [1.807, 2.05) is 12.1 Å². The molecule has 2 N–H and O–H groups in total. The van der Waals surface area contributed by atoms with Crippen molar-refractivity contribution in [3.8, 4) is 0 Å². The zero-order chi connectivity index (χ0) is 14.5. The van der Waals surface area contributed by atoms with E-state index in [2.05, 4.69) is 54.6 Å². The van der Waals surface area contributed by atoms with Crippen LogP contribution in [0.25, 0.3) is 0 Å². The van der Waals surface area contributed by atoms with Gasteiger partial charge >= 0.3 is 0 Å². The number of hydrogen-bond acceptors (Lipinski definition) is 2. The zero-order valence-corrected chi connectivity index (χ0v) is 12.8. The molecule has 0 aliphatic carbocycles. The largest absolute Gasteiger partial charge is 0.356 e. The van der Waals surface area contributed by atoms with E-state index in [1.54, 1.807) is 12.4 Å². The van der Waals surface area contributed by atoms with Crippen LogP contribution in [-0.4, -0.2) is 10.1 Å². The molecule has 1 atom stereocenters. The molecular formula is C16H19N3S. The van der Waals surface area contributed by atoms with Crippen molar-refractivity contribution in [3.05, 3.63) is 59.4 Å². The lowest BCUT2D eigenvalue weighted by molar-refractivity contribution is 0.717. The van der Waals surface area contributed by atoms with Crippen LogP contribution in [0.4, 0.5) is 5.69 Å². The number of benzene rings is 1. The molecule has 20 heavy (non-hydrogen) atoms. The molecule has 0 fully saturated rings. The highest BCUT2D eigenvalue weighted by Crippen LogP contribution is 2.18. The summed E-state index contributed by atoms with van der Waals surface area (Å²) in [5.74, 6) is 0. The van der Waals surface area contributed by atoms with Gasteiger partial charge in [-0.05, 0) is 56.2 Å². The van der Waals surface area contributed by atoms with Gasteiger partial charge in [0, 0.05) is 6.20 Å². The Bertz CT molecular complexity index is 596. The second-order valence-electron chi connectivity index (χ2n) is 4.92. The van der Waals surface area contributed by atoms with E-state index in [1.165, 1.54) is 16.7 Å². The fraction of sp³-hybridized carbons (Fsp3) is 0.250. The maximum Gasteiger partial charge on any atom is 0.171 e. The van der Waals surface area contributed by atoms with Crippen LogP contribution in [0.5, 0.6) is 0 Å². The molecule has 104 valence electrons. The number of pyridine rings is 1. The van der Waals surface area contributed by atoms with Crippen LogP contribution in [0.1, 0.15) is 29.7 Å². The Balaban J connectivity index is 2.00. The Hall–Kier alpha value is -1.94. The number of nitrogens with zero attached hydrogens (tertiary/aromatic N) is 1. The lowest BCUT2D eigenvalue weighted by Crippen LogP contribution is -2.31. The molecular weight excluding hydrogens is 266 g/mol. The highest BCUT2D eigenvalue weighted by molar-refractivity contribution is 7.80. The summed E-state index contributed by atoms with van der Waals surface area (Å²) in [6.45, 7) is 6.33. The van der Waals surface area contributed by atoms with Crippen molar-refractivity contribution in [2.75, 3.05) is 5.32 Å². The third-order valence-electron chi connectivity index (χ3n) is 3.16. The average molecular weight is 285 g/mol. The monoisotopic (exact) mass is 285 g/mol. The number of nitrogens with one attached hydrogen (secondary N) is 2. The maximum atomic E-state index is 5.33. The number of thiocarbonyl (C=S) groups is 1. The SMILES string of the molecule is Cc1ccc([C@@H](C)NC(=S)Nc2cccnc2)c(C)c1. The number of aryl methyl sites for hydroxylation is 2. The van der Waals surface area contributed by atoms with Crippen molar-refractivity contribution in [1.82, 2.24) is 10.3 Å². The minimum atomic E-state index is 0.160. The van der Waals surface area contributed by atoms with Gasteiger partial charge in [0.1, 0.15) is 0 Å². The summed E-state index contributed by atoms with van der Waals surface area (Å²) in [7, 11) is 0. The number of anilines is 1. The van der Waals surface area contributed by atoms with E-state index in [-0.39, 0.29) is 6.04 Å². The van der Waals surface area contributed by atoms with Crippen LogP contribution >= 0.6 is 12.2 Å². The first-order valence-corrected chi connectivity index (χ1v) is 7.02. The first-order valence-electron chi connectivity index (χ1n) is 6.61. The van der Waals surface area contributed by atoms with Gasteiger partial charge in [-0.3, -0.25) is 4.98 Å². The number of rotatable bonds is 3. The van der Waals surface area contributed by atoms with Crippen LogP contribution in [0.3, 0.4) is 0 Å². The van der Waals surface area contributed by atoms with E-state index >= 15 is 0 Å². The Morgan fingerprint density at radius 1 is 1.25 bits per heavy atom. The van der Waals surface area contributed by atoms with Crippen molar-refractivity contribution in [1.29, 1.82) is 0 Å². The summed E-state index contributed by atoms with van der Waals surface area (Å²) in [5, 5.41) is 7.03. The lowest BCUT2D eigenvalue weighted by atomic mass is 10.0. The first kappa shape index (κ1) is 14.5. The Morgan fingerprint density at radius 2 is 2.05 bits per heavy atom. The normalized spacial score (nSPS) is 11.8. The van der Waals surface area contributed by atoms with Gasteiger partial charge in [-0.25, -0.2) is 0 Å². The highest BCUT2D eigenvalue weighted by atomic mass is 32.1. The van der Waals surface area contributed by atoms with E-state index < -0.39 is 0 Å². The Labute approximate surface area is 125 Å². The molecule has 0 radical (unpaired) electrons. The topological polar surface area (TPSA) is 37.0 Å². The van der Waals surface area contributed by atoms with Crippen molar-refractivity contribution in [3.63, 3.8) is 0 Å². The summed E-state index contributed by atoms with van der Waals surface area (Å²) in [6, 6.07) is 10.4. The Kier molecular flexibility index (Phi) is 4.69. The van der Waals surface area contributed by atoms with E-state index in [9.17, 15) is 0 Å². The molecule has 0 amide bonds. The molecule has 0 bridgehead atoms. The van der Waals surface area contributed by atoms with Gasteiger partial charge in [-0.15, -0.1) is 0 Å². The molecule has 0 saturated heterocycles. The molecule has 0 saturated carbocycles. The summed E-state index contributed by atoms with van der Waals surface area (Å²) in [6.07, 6.45) is 3.48. The van der Waals surface area contributed by atoms with Crippen molar-refractivity contribution in [2.45, 2.75) is 26.8 Å². The molecule has 2 aromatic rings. The molecule has 0 unspecified atom stereocenters. The summed E-state index contributed by atoms with van der Waals surface area (Å²) in [4.78, 5) is 4.05. The fourth-order valence-corrected chi connectivity index (χ4v) is 2.48. The second kappa shape index (κ2) is 6.48. The lowest BCUT2D eigenvalue weighted by Gasteiger charge is -2.19. The van der Waals surface area contributed by atoms with E-state index in [0.717, 1.165) is 5.69 Å². The first-order chi connectivity index (χ1) is 9.56. The molecule has 3 nitrogen and oxygen atoms in total. The van der Waals surface area contributed by atoms with Gasteiger partial charge in [0.15, 0.2) is 5.11 Å². The maximum absolute atomic E-state index is 5.33. The Morgan fingerprint density at radius 3 is 2.70 bits per heavy atom.